The standard InChI is InChI=1S/C29H30N2O/c1-4-22(5-2)17-27(23-11-7-6-8-12-23)19-28-20-29(30-31(28)21(3)32)26-16-15-24-13-9-10-14-25(24)18-26/h6-16,18,28H,4-5,19-20H2,1-3H3/t28-/m0/s1. The van der Waals surface area contributed by atoms with Crippen molar-refractivity contribution in [3.63, 3.8) is 0 Å². The number of carbonyl (C=O) groups is 1. The first-order chi connectivity index (χ1) is 15.6. The monoisotopic (exact) mass is 422 g/mol. The second kappa shape index (κ2) is 9.80. The van der Waals surface area contributed by atoms with Crippen LogP contribution in [0.5, 0.6) is 0 Å². The van der Waals surface area contributed by atoms with E-state index < -0.39 is 0 Å². The summed E-state index contributed by atoms with van der Waals surface area (Å²) in [7, 11) is 0. The average Bonchev–Trinajstić information content (AvgIpc) is 3.26. The van der Waals surface area contributed by atoms with Gasteiger partial charge in [0.1, 0.15) is 0 Å². The van der Waals surface area contributed by atoms with Crippen LogP contribution in [0.4, 0.5) is 0 Å². The average molecular weight is 423 g/mol. The van der Waals surface area contributed by atoms with Crippen LogP contribution in [0, 0.1) is 0 Å². The number of rotatable bonds is 6. The normalized spacial score (nSPS) is 15.4. The highest BCUT2D eigenvalue weighted by Gasteiger charge is 2.31. The number of hydrazone groups is 1. The molecule has 0 spiro atoms. The summed E-state index contributed by atoms with van der Waals surface area (Å²) in [5.41, 5.74) is 9.34. The third-order valence-electron chi connectivity index (χ3n) is 6.15. The summed E-state index contributed by atoms with van der Waals surface area (Å²) in [6.07, 6.45) is 3.43. The van der Waals surface area contributed by atoms with E-state index in [0.29, 0.717) is 0 Å². The van der Waals surface area contributed by atoms with E-state index in [1.807, 2.05) is 6.07 Å². The Morgan fingerprint density at radius 3 is 2.34 bits per heavy atom. The summed E-state index contributed by atoms with van der Waals surface area (Å²) in [5.74, 6) is -0.0200. The predicted octanol–water partition coefficient (Wildman–Crippen LogP) is 6.98. The summed E-state index contributed by atoms with van der Waals surface area (Å²) in [6, 6.07) is 25.1. The van der Waals surface area contributed by atoms with E-state index in [0.717, 1.165) is 48.1 Å². The minimum Gasteiger partial charge on any atom is -0.273 e. The molecule has 3 aromatic carbocycles. The molecule has 1 aliphatic rings. The Morgan fingerprint density at radius 1 is 0.969 bits per heavy atom. The molecule has 162 valence electrons. The van der Waals surface area contributed by atoms with Gasteiger partial charge in [-0.15, -0.1) is 5.73 Å². The van der Waals surface area contributed by atoms with Crippen LogP contribution in [0.2, 0.25) is 0 Å². The summed E-state index contributed by atoms with van der Waals surface area (Å²) in [6.45, 7) is 5.95. The van der Waals surface area contributed by atoms with Gasteiger partial charge in [-0.2, -0.15) is 5.10 Å². The molecule has 1 aliphatic heterocycles. The van der Waals surface area contributed by atoms with E-state index >= 15 is 0 Å². The first-order valence-electron chi connectivity index (χ1n) is 11.5. The number of hydrogen-bond acceptors (Lipinski definition) is 2. The van der Waals surface area contributed by atoms with Gasteiger partial charge in [-0.25, -0.2) is 5.01 Å². The first-order valence-corrected chi connectivity index (χ1v) is 11.5. The predicted molar refractivity (Wildman–Crippen MR) is 133 cm³/mol. The lowest BCUT2D eigenvalue weighted by Crippen LogP contribution is -2.31. The van der Waals surface area contributed by atoms with Gasteiger partial charge in [0.05, 0.1) is 11.8 Å². The second-order valence-corrected chi connectivity index (χ2v) is 8.31. The zero-order valence-corrected chi connectivity index (χ0v) is 19.1. The van der Waals surface area contributed by atoms with Gasteiger partial charge in [0.2, 0.25) is 5.91 Å². The summed E-state index contributed by atoms with van der Waals surface area (Å²) < 4.78 is 0. The molecule has 0 unspecified atom stereocenters. The van der Waals surface area contributed by atoms with E-state index in [1.54, 1.807) is 11.9 Å². The number of hydrogen-bond donors (Lipinski definition) is 0. The van der Waals surface area contributed by atoms with Crippen LogP contribution in [-0.4, -0.2) is 22.7 Å². The minimum atomic E-state index is -0.0200. The Bertz CT molecular complexity index is 1210. The molecule has 0 saturated carbocycles. The lowest BCUT2D eigenvalue weighted by atomic mass is 9.93. The molecule has 3 aromatic rings. The fourth-order valence-electron chi connectivity index (χ4n) is 4.35. The Morgan fingerprint density at radius 2 is 1.66 bits per heavy atom. The van der Waals surface area contributed by atoms with Crippen molar-refractivity contribution in [2.45, 2.75) is 52.5 Å². The van der Waals surface area contributed by atoms with Gasteiger partial charge in [-0.05, 0) is 46.4 Å². The zero-order valence-electron chi connectivity index (χ0n) is 19.1. The van der Waals surface area contributed by atoms with Crippen LogP contribution < -0.4 is 0 Å². The quantitative estimate of drug-likeness (QED) is 0.394. The lowest BCUT2D eigenvalue weighted by molar-refractivity contribution is -0.130. The smallest absolute Gasteiger partial charge is 0.239 e. The molecular formula is C29H30N2O. The highest BCUT2D eigenvalue weighted by Crippen LogP contribution is 2.30. The molecule has 0 fully saturated rings. The Kier molecular flexibility index (Phi) is 6.68. The molecule has 0 aliphatic carbocycles. The summed E-state index contributed by atoms with van der Waals surface area (Å²) >= 11 is 0. The van der Waals surface area contributed by atoms with Crippen molar-refractivity contribution in [3.8, 4) is 0 Å². The van der Waals surface area contributed by atoms with Crippen molar-refractivity contribution in [1.29, 1.82) is 0 Å². The number of carbonyl (C=O) groups excluding carboxylic acids is 1. The molecule has 3 heteroatoms. The molecule has 0 aromatic heterocycles. The SMILES string of the molecule is CCC(=C=C(C[C@H]1CC(c2ccc3ccccc3c2)=NN1C(C)=O)c1ccccc1)CC. The van der Waals surface area contributed by atoms with Crippen LogP contribution in [0.3, 0.4) is 0 Å². The van der Waals surface area contributed by atoms with Gasteiger partial charge in [0.25, 0.3) is 0 Å². The molecule has 0 N–H and O–H groups in total. The molecule has 0 saturated heterocycles. The largest absolute Gasteiger partial charge is 0.273 e. The molecule has 1 atom stereocenters. The van der Waals surface area contributed by atoms with Crippen LogP contribution in [0.25, 0.3) is 16.3 Å². The van der Waals surface area contributed by atoms with E-state index in [4.69, 9.17) is 5.10 Å². The highest BCUT2D eigenvalue weighted by atomic mass is 16.2. The van der Waals surface area contributed by atoms with Crippen molar-refractivity contribution in [2.24, 2.45) is 5.10 Å². The Labute approximate surface area is 190 Å². The molecule has 1 amide bonds. The molecule has 32 heavy (non-hydrogen) atoms. The fourth-order valence-corrected chi connectivity index (χ4v) is 4.35. The Balaban J connectivity index is 1.68. The van der Waals surface area contributed by atoms with Gasteiger partial charge in [-0.3, -0.25) is 4.79 Å². The van der Waals surface area contributed by atoms with Crippen LogP contribution >= 0.6 is 0 Å². The number of fused-ring (bicyclic) bond motifs is 1. The van der Waals surface area contributed by atoms with Crippen molar-refractivity contribution >= 4 is 28.0 Å². The van der Waals surface area contributed by atoms with Crippen molar-refractivity contribution in [1.82, 2.24) is 5.01 Å². The lowest BCUT2D eigenvalue weighted by Gasteiger charge is -2.21. The number of amides is 1. The topological polar surface area (TPSA) is 32.7 Å². The van der Waals surface area contributed by atoms with E-state index in [1.165, 1.54) is 16.3 Å². The van der Waals surface area contributed by atoms with Gasteiger partial charge in [-0.1, -0.05) is 80.6 Å². The van der Waals surface area contributed by atoms with Gasteiger partial charge < -0.3 is 0 Å². The third-order valence-corrected chi connectivity index (χ3v) is 6.15. The van der Waals surface area contributed by atoms with Crippen molar-refractivity contribution in [2.75, 3.05) is 0 Å². The summed E-state index contributed by atoms with van der Waals surface area (Å²) in [5, 5.41) is 8.84. The molecule has 4 rings (SSSR count). The van der Waals surface area contributed by atoms with E-state index in [2.05, 4.69) is 86.3 Å². The number of benzene rings is 3. The second-order valence-electron chi connectivity index (χ2n) is 8.31. The maximum atomic E-state index is 12.5. The van der Waals surface area contributed by atoms with E-state index in [9.17, 15) is 4.79 Å². The molecule has 3 nitrogen and oxygen atoms in total. The van der Waals surface area contributed by atoms with Crippen LogP contribution in [0.15, 0.2) is 89.2 Å². The van der Waals surface area contributed by atoms with Crippen molar-refractivity contribution in [3.05, 3.63) is 95.2 Å². The van der Waals surface area contributed by atoms with Gasteiger partial charge in [0, 0.05) is 25.3 Å². The van der Waals surface area contributed by atoms with Gasteiger partial charge in [0.15, 0.2) is 0 Å². The fraction of sp³-hybridized carbons (Fsp3) is 0.276. The first kappa shape index (κ1) is 21.8. The van der Waals surface area contributed by atoms with Crippen LogP contribution in [0.1, 0.15) is 57.6 Å². The van der Waals surface area contributed by atoms with Gasteiger partial charge >= 0.3 is 0 Å². The maximum absolute atomic E-state index is 12.5. The maximum Gasteiger partial charge on any atom is 0.239 e. The molecule has 0 radical (unpaired) electrons. The highest BCUT2D eigenvalue weighted by molar-refractivity contribution is 6.05. The number of nitrogens with zero attached hydrogens (tertiary/aromatic N) is 2. The third kappa shape index (κ3) is 4.74. The van der Waals surface area contributed by atoms with E-state index in [-0.39, 0.29) is 11.9 Å². The van der Waals surface area contributed by atoms with Crippen LogP contribution in [-0.2, 0) is 4.79 Å². The zero-order chi connectivity index (χ0) is 22.5. The molecule has 1 heterocycles. The molecule has 0 bridgehead atoms. The summed E-state index contributed by atoms with van der Waals surface area (Å²) in [4.78, 5) is 12.5. The van der Waals surface area contributed by atoms with Crippen molar-refractivity contribution < 1.29 is 4.79 Å². The Hall–Kier alpha value is -3.42. The minimum absolute atomic E-state index is 0.00774. The molecular weight excluding hydrogens is 392 g/mol.